The number of rotatable bonds is 6. The van der Waals surface area contributed by atoms with E-state index in [0.717, 1.165) is 13.2 Å². The molecular weight excluding hydrogens is 363 g/mol. The van der Waals surface area contributed by atoms with Crippen LogP contribution < -0.4 is 15.4 Å². The Labute approximate surface area is 153 Å². The fraction of sp³-hybridized carbons (Fsp3) is 0.278. The second-order valence-corrected chi connectivity index (χ2v) is 5.63. The molecule has 6 nitrogen and oxygen atoms in total. The van der Waals surface area contributed by atoms with Crippen molar-refractivity contribution in [2.75, 3.05) is 12.0 Å². The number of carbonyl (C=O) groups excluding carboxylic acids is 2. The number of methoxy groups -OCH3 is 1. The molecule has 0 aliphatic rings. The third-order valence-electron chi connectivity index (χ3n) is 3.82. The van der Waals surface area contributed by atoms with Gasteiger partial charge in [-0.05, 0) is 29.8 Å². The number of halogens is 3. The number of alkyl halides is 3. The third-order valence-corrected chi connectivity index (χ3v) is 3.82. The highest BCUT2D eigenvalue weighted by Crippen LogP contribution is 2.37. The Morgan fingerprint density at radius 1 is 1.22 bits per heavy atom. The van der Waals surface area contributed by atoms with E-state index in [1.807, 2.05) is 0 Å². The maximum absolute atomic E-state index is 13.2. The number of nitrogens with two attached hydrogens (primary N) is 1. The predicted molar refractivity (Wildman–Crippen MR) is 92.2 cm³/mol. The second kappa shape index (κ2) is 8.07. The molecule has 27 heavy (non-hydrogen) atoms. The first-order chi connectivity index (χ1) is 12.7. The smallest absolute Gasteiger partial charge is 0.419 e. The first-order valence-electron chi connectivity index (χ1n) is 7.97. The van der Waals surface area contributed by atoms with Gasteiger partial charge in [0, 0.05) is 18.2 Å². The fourth-order valence-electron chi connectivity index (χ4n) is 2.46. The lowest BCUT2D eigenvalue weighted by atomic mass is 10.1. The van der Waals surface area contributed by atoms with Crippen molar-refractivity contribution in [1.82, 2.24) is 4.98 Å². The van der Waals surface area contributed by atoms with Crippen molar-refractivity contribution in [3.63, 3.8) is 0 Å². The summed E-state index contributed by atoms with van der Waals surface area (Å²) >= 11 is 0. The van der Waals surface area contributed by atoms with E-state index >= 15 is 0 Å². The van der Waals surface area contributed by atoms with Crippen molar-refractivity contribution < 1.29 is 27.5 Å². The summed E-state index contributed by atoms with van der Waals surface area (Å²) in [6, 6.07) is 6.26. The van der Waals surface area contributed by atoms with Crippen LogP contribution in [0.5, 0.6) is 5.75 Å². The minimum Gasteiger partial charge on any atom is -0.496 e. The molecule has 2 aromatic rings. The van der Waals surface area contributed by atoms with Gasteiger partial charge in [0.2, 0.25) is 11.8 Å². The molecule has 0 fully saturated rings. The molecule has 0 radical (unpaired) electrons. The number of aromatic nitrogens is 1. The summed E-state index contributed by atoms with van der Waals surface area (Å²) in [6.45, 7) is 1.46. The van der Waals surface area contributed by atoms with Crippen LogP contribution in [0.4, 0.5) is 19.0 Å². The zero-order valence-corrected chi connectivity index (χ0v) is 14.7. The molecule has 0 aliphatic carbocycles. The first kappa shape index (κ1) is 20.2. The monoisotopic (exact) mass is 381 g/mol. The van der Waals surface area contributed by atoms with E-state index in [-0.39, 0.29) is 41.6 Å². The number of ether oxygens (including phenoxy) is 1. The molecule has 0 saturated heterocycles. The van der Waals surface area contributed by atoms with Gasteiger partial charge in [0.25, 0.3) is 0 Å². The lowest BCUT2D eigenvalue weighted by Gasteiger charge is -2.22. The van der Waals surface area contributed by atoms with Gasteiger partial charge >= 0.3 is 6.18 Å². The van der Waals surface area contributed by atoms with Crippen molar-refractivity contribution in [2.24, 2.45) is 5.73 Å². The Morgan fingerprint density at radius 3 is 2.48 bits per heavy atom. The van der Waals surface area contributed by atoms with Crippen LogP contribution in [0.15, 0.2) is 36.5 Å². The molecular formula is C18H18F3N3O3. The summed E-state index contributed by atoms with van der Waals surface area (Å²) in [5.41, 5.74) is 4.67. The summed E-state index contributed by atoms with van der Waals surface area (Å²) in [7, 11) is 1.15. The summed E-state index contributed by atoms with van der Waals surface area (Å²) in [4.78, 5) is 28.9. The van der Waals surface area contributed by atoms with Gasteiger partial charge < -0.3 is 10.5 Å². The average molecular weight is 381 g/mol. The molecule has 2 N–H and O–H groups in total. The summed E-state index contributed by atoms with van der Waals surface area (Å²) in [6.07, 6.45) is -3.20. The lowest BCUT2D eigenvalue weighted by Crippen LogP contribution is -2.31. The highest BCUT2D eigenvalue weighted by molar-refractivity contribution is 5.96. The molecule has 1 aromatic carbocycles. The number of anilines is 1. The minimum atomic E-state index is -4.61. The zero-order chi connectivity index (χ0) is 20.2. The first-order valence-corrected chi connectivity index (χ1v) is 7.97. The van der Waals surface area contributed by atoms with E-state index in [1.54, 1.807) is 6.92 Å². The number of benzene rings is 1. The SMILES string of the molecule is CCC(=O)N(Cc1ccc(OC)c(C(F)(F)F)c1)c1cc(C(N)=O)ccn1. The zero-order valence-electron chi connectivity index (χ0n) is 14.7. The van der Waals surface area contributed by atoms with Crippen LogP contribution >= 0.6 is 0 Å². The largest absolute Gasteiger partial charge is 0.496 e. The van der Waals surface area contributed by atoms with E-state index in [4.69, 9.17) is 10.5 Å². The number of hydrogen-bond acceptors (Lipinski definition) is 4. The molecule has 0 bridgehead atoms. The molecule has 1 heterocycles. The molecule has 2 amide bonds. The summed E-state index contributed by atoms with van der Waals surface area (Å²) in [5, 5.41) is 0. The van der Waals surface area contributed by atoms with Crippen molar-refractivity contribution in [2.45, 2.75) is 26.1 Å². The van der Waals surface area contributed by atoms with Crippen molar-refractivity contribution in [3.05, 3.63) is 53.2 Å². The van der Waals surface area contributed by atoms with Crippen molar-refractivity contribution in [1.29, 1.82) is 0 Å². The van der Waals surface area contributed by atoms with E-state index in [9.17, 15) is 22.8 Å². The Hall–Kier alpha value is -3.10. The molecule has 2 rings (SSSR count). The molecule has 0 spiro atoms. The van der Waals surface area contributed by atoms with Gasteiger partial charge in [0.05, 0.1) is 19.2 Å². The van der Waals surface area contributed by atoms with Crippen LogP contribution in [0.2, 0.25) is 0 Å². The molecule has 144 valence electrons. The Morgan fingerprint density at radius 2 is 1.93 bits per heavy atom. The van der Waals surface area contributed by atoms with Gasteiger partial charge in [0.15, 0.2) is 0 Å². The average Bonchev–Trinajstić information content (AvgIpc) is 2.64. The lowest BCUT2D eigenvalue weighted by molar-refractivity contribution is -0.138. The minimum absolute atomic E-state index is 0.102. The van der Waals surface area contributed by atoms with E-state index in [0.29, 0.717) is 0 Å². The predicted octanol–water partition coefficient (Wildman–Crippen LogP) is 3.15. The molecule has 1 aromatic heterocycles. The van der Waals surface area contributed by atoms with Crippen LogP contribution in [0, 0.1) is 0 Å². The Kier molecular flexibility index (Phi) is 6.04. The van der Waals surface area contributed by atoms with Crippen LogP contribution in [-0.2, 0) is 17.5 Å². The van der Waals surface area contributed by atoms with Gasteiger partial charge in [-0.15, -0.1) is 0 Å². The van der Waals surface area contributed by atoms with Crippen molar-refractivity contribution in [3.8, 4) is 5.75 Å². The van der Waals surface area contributed by atoms with Crippen molar-refractivity contribution >= 4 is 17.6 Å². The maximum atomic E-state index is 13.2. The van der Waals surface area contributed by atoms with Gasteiger partial charge in [-0.2, -0.15) is 13.2 Å². The van der Waals surface area contributed by atoms with Gasteiger partial charge in [0.1, 0.15) is 11.6 Å². The molecule has 0 saturated carbocycles. The highest BCUT2D eigenvalue weighted by atomic mass is 19.4. The van der Waals surface area contributed by atoms with Crippen LogP contribution in [0.3, 0.4) is 0 Å². The number of carbonyl (C=O) groups is 2. The maximum Gasteiger partial charge on any atom is 0.419 e. The van der Waals surface area contributed by atoms with E-state index in [2.05, 4.69) is 4.98 Å². The normalized spacial score (nSPS) is 11.1. The fourth-order valence-corrected chi connectivity index (χ4v) is 2.46. The van der Waals surface area contributed by atoms with E-state index < -0.39 is 17.6 Å². The number of pyridine rings is 1. The topological polar surface area (TPSA) is 85.5 Å². The number of hydrogen-bond donors (Lipinski definition) is 1. The van der Waals surface area contributed by atoms with Gasteiger partial charge in [-0.3, -0.25) is 14.5 Å². The standard InChI is InChI=1S/C18H18F3N3O3/c1-3-16(25)24(15-9-12(17(22)26)6-7-23-15)10-11-4-5-14(27-2)13(8-11)18(19,20)21/h4-9H,3,10H2,1-2H3,(H2,22,26). The molecule has 0 atom stereocenters. The molecule has 0 unspecified atom stereocenters. The van der Waals surface area contributed by atoms with Crippen LogP contribution in [0.1, 0.15) is 34.8 Å². The molecule has 9 heteroatoms. The second-order valence-electron chi connectivity index (χ2n) is 5.63. The van der Waals surface area contributed by atoms with Crippen LogP contribution in [0.25, 0.3) is 0 Å². The number of nitrogens with zero attached hydrogens (tertiary/aromatic N) is 2. The number of primary amides is 1. The number of amides is 2. The Bertz CT molecular complexity index is 853. The Balaban J connectivity index is 2.44. The summed E-state index contributed by atoms with van der Waals surface area (Å²) < 4.78 is 44.4. The quantitative estimate of drug-likeness (QED) is 0.833. The van der Waals surface area contributed by atoms with Gasteiger partial charge in [-0.1, -0.05) is 13.0 Å². The van der Waals surface area contributed by atoms with Crippen LogP contribution in [-0.4, -0.2) is 23.9 Å². The highest BCUT2D eigenvalue weighted by Gasteiger charge is 2.34. The van der Waals surface area contributed by atoms with Gasteiger partial charge in [-0.25, -0.2) is 4.98 Å². The third kappa shape index (κ3) is 4.75. The molecule has 0 aliphatic heterocycles. The van der Waals surface area contributed by atoms with E-state index in [1.165, 1.54) is 35.4 Å². The summed E-state index contributed by atoms with van der Waals surface area (Å²) in [5.74, 6) is -1.25.